The van der Waals surface area contributed by atoms with E-state index >= 15 is 0 Å². The van der Waals surface area contributed by atoms with Gasteiger partial charge in [-0.05, 0) is 41.2 Å². The summed E-state index contributed by atoms with van der Waals surface area (Å²) in [4.78, 5) is 0. The Morgan fingerprint density at radius 1 is 0.893 bits per heavy atom. The average Bonchev–Trinajstić information content (AvgIpc) is 3.03. The van der Waals surface area contributed by atoms with Gasteiger partial charge in [0.2, 0.25) is 0 Å². The fraction of sp³-hybridized carbons (Fsp3) is 0.444. The van der Waals surface area contributed by atoms with Crippen LogP contribution in [0.25, 0.3) is 21.9 Å². The monoisotopic (exact) mass is 447 g/mol. The van der Waals surface area contributed by atoms with Gasteiger partial charge < -0.3 is 0 Å². The van der Waals surface area contributed by atoms with E-state index in [-0.39, 0.29) is 31.6 Å². The molecule has 1 aliphatic carbocycles. The van der Waals surface area contributed by atoms with Gasteiger partial charge in [0.1, 0.15) is 0 Å². The minimum Gasteiger partial charge on any atom is -0.164 e. The fourth-order valence-corrected chi connectivity index (χ4v) is 5.08. The largest absolute Gasteiger partial charge is 0.164 e. The minimum absolute atomic E-state index is 0. The van der Waals surface area contributed by atoms with Crippen molar-refractivity contribution in [3.05, 3.63) is 65.7 Å². The number of benzene rings is 2. The van der Waals surface area contributed by atoms with Crippen LogP contribution in [-0.4, -0.2) is 0 Å². The van der Waals surface area contributed by atoms with Gasteiger partial charge in [0.15, 0.2) is 0 Å². The number of hydrogen-bond acceptors (Lipinski definition) is 0. The van der Waals surface area contributed by atoms with E-state index in [1.165, 1.54) is 71.6 Å². The summed E-state index contributed by atoms with van der Waals surface area (Å²) in [6.07, 6.45) is 8.22. The predicted molar refractivity (Wildman–Crippen MR) is 119 cm³/mol. The second-order valence-electron chi connectivity index (χ2n) is 10.0. The first-order valence-corrected chi connectivity index (χ1v) is 10.6. The van der Waals surface area contributed by atoms with Crippen LogP contribution in [0.15, 0.2) is 54.6 Å². The van der Waals surface area contributed by atoms with Crippen molar-refractivity contribution >= 4 is 10.8 Å². The molecule has 146 valence electrons. The third kappa shape index (κ3) is 4.41. The molecule has 0 unspecified atom stereocenters. The molecule has 1 aliphatic rings. The zero-order valence-corrected chi connectivity index (χ0v) is 20.4. The third-order valence-corrected chi connectivity index (χ3v) is 6.53. The van der Waals surface area contributed by atoms with Crippen molar-refractivity contribution in [3.8, 4) is 11.1 Å². The van der Waals surface area contributed by atoms with Gasteiger partial charge in [-0.3, -0.25) is 0 Å². The first kappa shape index (κ1) is 21.6. The second kappa shape index (κ2) is 8.35. The van der Waals surface area contributed by atoms with Crippen molar-refractivity contribution in [2.75, 3.05) is 0 Å². The summed E-state index contributed by atoms with van der Waals surface area (Å²) in [6.45, 7) is 9.44. The van der Waals surface area contributed by atoms with Crippen LogP contribution in [0.3, 0.4) is 0 Å². The summed E-state index contributed by atoms with van der Waals surface area (Å²) in [6, 6.07) is 20.7. The Hall–Kier alpha value is -1.07. The van der Waals surface area contributed by atoms with Crippen LogP contribution in [-0.2, 0) is 38.0 Å². The summed E-state index contributed by atoms with van der Waals surface area (Å²) in [5.41, 5.74) is 6.36. The predicted octanol–water partition coefficient (Wildman–Crippen LogP) is 8.03. The van der Waals surface area contributed by atoms with Crippen molar-refractivity contribution < 1.29 is 26.2 Å². The van der Waals surface area contributed by atoms with Crippen LogP contribution in [0.2, 0.25) is 0 Å². The SMILES string of the molecule is CC1(Cc2cc3c(-c4ccccc4C(C)(C)C)cccc3[cH-]2)CCCCC1.[Zr]. The van der Waals surface area contributed by atoms with E-state index in [4.69, 9.17) is 0 Å². The Morgan fingerprint density at radius 3 is 2.29 bits per heavy atom. The standard InChI is InChI=1S/C27H33.Zr/c1-26(2,3)25-14-7-6-12-23(25)22-13-10-11-21-17-20(18-24(21)22)19-27(4)15-8-5-9-16-27;/h6-7,10-14,17-18H,5,8-9,15-16,19H2,1-4H3;/q-1;. The molecule has 0 radical (unpaired) electrons. The van der Waals surface area contributed by atoms with Crippen LogP contribution in [0.1, 0.15) is 70.9 Å². The topological polar surface area (TPSA) is 0 Å². The summed E-state index contributed by atoms with van der Waals surface area (Å²) in [5, 5.41) is 2.81. The summed E-state index contributed by atoms with van der Waals surface area (Å²) >= 11 is 0. The van der Waals surface area contributed by atoms with Crippen LogP contribution in [0, 0.1) is 5.41 Å². The summed E-state index contributed by atoms with van der Waals surface area (Å²) < 4.78 is 0. The van der Waals surface area contributed by atoms with Gasteiger partial charge in [0.05, 0.1) is 0 Å². The first-order chi connectivity index (χ1) is 12.9. The minimum atomic E-state index is 0. The molecule has 1 heteroatoms. The smallest absolute Gasteiger partial charge is 0 e. The van der Waals surface area contributed by atoms with Gasteiger partial charge in [0, 0.05) is 26.2 Å². The molecule has 0 saturated heterocycles. The average molecular weight is 449 g/mol. The third-order valence-electron chi connectivity index (χ3n) is 6.53. The maximum absolute atomic E-state index is 2.50. The molecule has 1 saturated carbocycles. The maximum Gasteiger partial charge on any atom is 0 e. The molecule has 0 aromatic heterocycles. The molecule has 0 aliphatic heterocycles. The number of rotatable bonds is 3. The molecule has 0 bridgehead atoms. The summed E-state index contributed by atoms with van der Waals surface area (Å²) in [5.74, 6) is 0. The van der Waals surface area contributed by atoms with Crippen LogP contribution >= 0.6 is 0 Å². The zero-order valence-electron chi connectivity index (χ0n) is 17.9. The molecule has 0 nitrogen and oxygen atoms in total. The molecular weight excluding hydrogens is 416 g/mol. The molecule has 0 spiro atoms. The second-order valence-corrected chi connectivity index (χ2v) is 10.0. The van der Waals surface area contributed by atoms with E-state index < -0.39 is 0 Å². The van der Waals surface area contributed by atoms with E-state index in [2.05, 4.69) is 82.3 Å². The quantitative estimate of drug-likeness (QED) is 0.356. The Kier molecular flexibility index (Phi) is 6.45. The molecule has 3 aromatic rings. The molecule has 0 amide bonds. The van der Waals surface area contributed by atoms with E-state index in [9.17, 15) is 0 Å². The van der Waals surface area contributed by atoms with Crippen molar-refractivity contribution in [1.29, 1.82) is 0 Å². The Morgan fingerprint density at radius 2 is 1.57 bits per heavy atom. The van der Waals surface area contributed by atoms with E-state index in [1.807, 2.05) is 0 Å². The summed E-state index contributed by atoms with van der Waals surface area (Å²) in [7, 11) is 0. The Labute approximate surface area is 190 Å². The first-order valence-electron chi connectivity index (χ1n) is 10.6. The molecular formula is C27H33Zr-. The van der Waals surface area contributed by atoms with Crippen molar-refractivity contribution in [1.82, 2.24) is 0 Å². The molecule has 1 fully saturated rings. The van der Waals surface area contributed by atoms with Gasteiger partial charge in [-0.15, -0.1) is 34.5 Å². The van der Waals surface area contributed by atoms with Gasteiger partial charge >= 0.3 is 0 Å². The Bertz CT molecular complexity index is 932. The van der Waals surface area contributed by atoms with E-state index in [0.717, 1.165) is 0 Å². The van der Waals surface area contributed by atoms with Crippen LogP contribution < -0.4 is 0 Å². The number of fused-ring (bicyclic) bond motifs is 1. The molecule has 3 aromatic carbocycles. The zero-order chi connectivity index (χ0) is 19.1. The van der Waals surface area contributed by atoms with Gasteiger partial charge in [0.25, 0.3) is 0 Å². The molecule has 0 atom stereocenters. The molecule has 0 heterocycles. The molecule has 28 heavy (non-hydrogen) atoms. The van der Waals surface area contributed by atoms with Gasteiger partial charge in [-0.1, -0.05) is 82.9 Å². The number of hydrogen-bond donors (Lipinski definition) is 0. The van der Waals surface area contributed by atoms with Crippen LogP contribution in [0.5, 0.6) is 0 Å². The van der Waals surface area contributed by atoms with Crippen LogP contribution in [0.4, 0.5) is 0 Å². The van der Waals surface area contributed by atoms with Crippen molar-refractivity contribution in [2.45, 2.75) is 71.6 Å². The molecule has 4 rings (SSSR count). The fourth-order valence-electron chi connectivity index (χ4n) is 5.08. The van der Waals surface area contributed by atoms with Crippen molar-refractivity contribution in [3.63, 3.8) is 0 Å². The molecule has 0 N–H and O–H groups in total. The van der Waals surface area contributed by atoms with Gasteiger partial charge in [-0.2, -0.15) is 6.07 Å². The van der Waals surface area contributed by atoms with Gasteiger partial charge in [-0.25, -0.2) is 0 Å². The van der Waals surface area contributed by atoms with Crippen molar-refractivity contribution in [2.24, 2.45) is 5.41 Å². The Balaban J connectivity index is 0.00000225. The normalized spacial score (nSPS) is 16.7. The van der Waals surface area contributed by atoms with E-state index in [1.54, 1.807) is 0 Å². The van der Waals surface area contributed by atoms with E-state index in [0.29, 0.717) is 5.41 Å². The maximum atomic E-state index is 2.50.